The number of hydrogen-bond donors (Lipinski definition) is 2. The fraction of sp³-hybridized carbons (Fsp3) is 0.684. The fourth-order valence-corrected chi connectivity index (χ4v) is 3.79. The Hall–Kier alpha value is -1.44. The summed E-state index contributed by atoms with van der Waals surface area (Å²) < 4.78 is 5.89. The van der Waals surface area contributed by atoms with Crippen LogP contribution in [0, 0.1) is 5.92 Å². The second-order valence-corrected chi connectivity index (χ2v) is 8.93. The minimum Gasteiger partial charge on any atom is -0.373 e. The zero-order chi connectivity index (χ0) is 19.3. The molecule has 1 unspecified atom stereocenters. The van der Waals surface area contributed by atoms with E-state index in [1.807, 2.05) is 51.2 Å². The topological polar surface area (TPSA) is 70.7 Å². The Morgan fingerprint density at radius 2 is 1.92 bits per heavy atom. The summed E-state index contributed by atoms with van der Waals surface area (Å²) in [5, 5.41) is 9.55. The molecule has 1 saturated carbocycles. The maximum Gasteiger partial charge on any atom is 0.309 e. The molecule has 0 saturated heterocycles. The zero-order valence-electron chi connectivity index (χ0n) is 16.4. The largest absolute Gasteiger partial charge is 0.373 e. The molecule has 0 aromatic carbocycles. The molecule has 1 aliphatic rings. The van der Waals surface area contributed by atoms with E-state index in [1.165, 1.54) is 0 Å². The van der Waals surface area contributed by atoms with E-state index in [9.17, 15) is 9.59 Å². The Morgan fingerprint density at radius 1 is 1.27 bits per heavy atom. The SMILES string of the molecule is CN(C)C(CNC(=O)C(=O)NCC1CC(OC(C)(C)C)C1)c1ccsc1. The van der Waals surface area contributed by atoms with Gasteiger partial charge in [0.05, 0.1) is 17.7 Å². The van der Waals surface area contributed by atoms with Crippen LogP contribution in [0.2, 0.25) is 0 Å². The summed E-state index contributed by atoms with van der Waals surface area (Å²) in [4.78, 5) is 26.1. The van der Waals surface area contributed by atoms with Crippen molar-refractivity contribution in [1.82, 2.24) is 15.5 Å². The van der Waals surface area contributed by atoms with Crippen molar-refractivity contribution in [3.05, 3.63) is 22.4 Å². The number of carbonyl (C=O) groups excluding carboxylic acids is 2. The van der Waals surface area contributed by atoms with E-state index in [2.05, 4.69) is 16.0 Å². The highest BCUT2D eigenvalue weighted by Crippen LogP contribution is 2.32. The number of nitrogens with zero attached hydrogens (tertiary/aromatic N) is 1. The maximum atomic E-state index is 12.0. The van der Waals surface area contributed by atoms with Gasteiger partial charge in [0.15, 0.2) is 0 Å². The number of thiophene rings is 1. The van der Waals surface area contributed by atoms with Gasteiger partial charge in [0.2, 0.25) is 0 Å². The smallest absolute Gasteiger partial charge is 0.309 e. The van der Waals surface area contributed by atoms with Gasteiger partial charge in [-0.05, 0) is 76.0 Å². The van der Waals surface area contributed by atoms with Crippen LogP contribution in [0.5, 0.6) is 0 Å². The molecule has 1 aliphatic carbocycles. The van der Waals surface area contributed by atoms with Crippen LogP contribution < -0.4 is 10.6 Å². The molecule has 0 spiro atoms. The summed E-state index contributed by atoms with van der Waals surface area (Å²) in [7, 11) is 3.92. The average molecular weight is 382 g/mol. The summed E-state index contributed by atoms with van der Waals surface area (Å²) in [5.41, 5.74) is 1.00. The quantitative estimate of drug-likeness (QED) is 0.710. The van der Waals surface area contributed by atoms with Gasteiger partial charge < -0.3 is 20.3 Å². The second kappa shape index (κ2) is 8.97. The fourth-order valence-electron chi connectivity index (χ4n) is 3.09. The number of nitrogens with one attached hydrogen (secondary N) is 2. The molecule has 146 valence electrons. The van der Waals surface area contributed by atoms with E-state index < -0.39 is 11.8 Å². The van der Waals surface area contributed by atoms with E-state index in [0.29, 0.717) is 19.0 Å². The van der Waals surface area contributed by atoms with Crippen LogP contribution in [0.1, 0.15) is 45.2 Å². The van der Waals surface area contributed by atoms with Gasteiger partial charge in [-0.25, -0.2) is 0 Å². The molecular formula is C19H31N3O3S. The van der Waals surface area contributed by atoms with Gasteiger partial charge in [-0.3, -0.25) is 9.59 Å². The predicted octanol–water partition coefficient (Wildman–Crippen LogP) is 2.18. The first-order valence-corrected chi connectivity index (χ1v) is 10.0. The standard InChI is InChI=1S/C19H31N3O3S/c1-19(2,3)25-15-8-13(9-15)10-20-17(23)18(24)21-11-16(22(4)5)14-6-7-26-12-14/h6-7,12-13,15-16H,8-11H2,1-5H3,(H,20,23)(H,21,24). The molecule has 0 aliphatic heterocycles. The molecule has 2 rings (SSSR count). The summed E-state index contributed by atoms with van der Waals surface area (Å²) in [5.74, 6) is -0.749. The number of likely N-dealkylation sites (N-methyl/N-ethyl adjacent to an activating group) is 1. The summed E-state index contributed by atoms with van der Waals surface area (Å²) in [6.45, 7) is 7.06. The Morgan fingerprint density at radius 3 is 2.46 bits per heavy atom. The maximum absolute atomic E-state index is 12.0. The van der Waals surface area contributed by atoms with Gasteiger partial charge in [0, 0.05) is 13.1 Å². The molecule has 6 nitrogen and oxygen atoms in total. The van der Waals surface area contributed by atoms with Crippen molar-refractivity contribution in [2.24, 2.45) is 5.92 Å². The van der Waals surface area contributed by atoms with Crippen LogP contribution in [0.15, 0.2) is 16.8 Å². The molecule has 0 bridgehead atoms. The van der Waals surface area contributed by atoms with Crippen molar-refractivity contribution in [2.75, 3.05) is 27.2 Å². The molecule has 7 heteroatoms. The normalized spacial score (nSPS) is 21.2. The summed E-state index contributed by atoms with van der Waals surface area (Å²) in [6, 6.07) is 2.09. The third-order valence-electron chi connectivity index (χ3n) is 4.48. The lowest BCUT2D eigenvalue weighted by atomic mass is 9.82. The van der Waals surface area contributed by atoms with Gasteiger partial charge in [-0.1, -0.05) is 0 Å². The molecule has 0 radical (unpaired) electrons. The highest BCUT2D eigenvalue weighted by Gasteiger charge is 2.33. The lowest BCUT2D eigenvalue weighted by Crippen LogP contribution is -2.47. The Bertz CT molecular complexity index is 590. The number of amides is 2. The van der Waals surface area contributed by atoms with Crippen LogP contribution in [0.3, 0.4) is 0 Å². The first-order chi connectivity index (χ1) is 12.2. The molecule has 1 atom stereocenters. The van der Waals surface area contributed by atoms with Gasteiger partial charge in [0.1, 0.15) is 0 Å². The number of hydrogen-bond acceptors (Lipinski definition) is 5. The van der Waals surface area contributed by atoms with Gasteiger partial charge in [-0.2, -0.15) is 11.3 Å². The highest BCUT2D eigenvalue weighted by atomic mass is 32.1. The molecule has 1 heterocycles. The second-order valence-electron chi connectivity index (χ2n) is 8.15. The van der Waals surface area contributed by atoms with Crippen LogP contribution in [-0.2, 0) is 14.3 Å². The van der Waals surface area contributed by atoms with Gasteiger partial charge in [-0.15, -0.1) is 0 Å². The van der Waals surface area contributed by atoms with Crippen LogP contribution in [0.25, 0.3) is 0 Å². The lowest BCUT2D eigenvalue weighted by Gasteiger charge is -2.39. The molecule has 1 fully saturated rings. The van der Waals surface area contributed by atoms with Crippen molar-refractivity contribution in [3.8, 4) is 0 Å². The Balaban J connectivity index is 1.68. The molecule has 26 heavy (non-hydrogen) atoms. The molecule has 2 amide bonds. The van der Waals surface area contributed by atoms with Crippen molar-refractivity contribution in [2.45, 2.75) is 51.4 Å². The number of ether oxygens (including phenoxy) is 1. The number of carbonyl (C=O) groups is 2. The monoisotopic (exact) mass is 381 g/mol. The van der Waals surface area contributed by atoms with E-state index in [1.54, 1.807) is 11.3 Å². The van der Waals surface area contributed by atoms with Crippen LogP contribution in [0.4, 0.5) is 0 Å². The van der Waals surface area contributed by atoms with Crippen molar-refractivity contribution in [3.63, 3.8) is 0 Å². The number of rotatable bonds is 7. The van der Waals surface area contributed by atoms with Gasteiger partial charge in [0.25, 0.3) is 0 Å². The predicted molar refractivity (Wildman–Crippen MR) is 104 cm³/mol. The average Bonchev–Trinajstić information content (AvgIpc) is 3.01. The third kappa shape index (κ3) is 6.37. The van der Waals surface area contributed by atoms with Crippen LogP contribution >= 0.6 is 11.3 Å². The van der Waals surface area contributed by atoms with Crippen molar-refractivity contribution in [1.29, 1.82) is 0 Å². The molecular weight excluding hydrogens is 350 g/mol. The molecule has 1 aromatic rings. The molecule has 1 aromatic heterocycles. The van der Waals surface area contributed by atoms with Gasteiger partial charge >= 0.3 is 11.8 Å². The third-order valence-corrected chi connectivity index (χ3v) is 5.18. The zero-order valence-corrected chi connectivity index (χ0v) is 17.2. The minimum absolute atomic E-state index is 0.0555. The van der Waals surface area contributed by atoms with E-state index in [4.69, 9.17) is 4.74 Å². The Kier molecular flexibility index (Phi) is 7.20. The van der Waals surface area contributed by atoms with Crippen molar-refractivity contribution >= 4 is 23.2 Å². The van der Waals surface area contributed by atoms with E-state index in [0.717, 1.165) is 18.4 Å². The highest BCUT2D eigenvalue weighted by molar-refractivity contribution is 7.07. The minimum atomic E-state index is -0.575. The van der Waals surface area contributed by atoms with E-state index >= 15 is 0 Å². The Labute approximate surface area is 160 Å². The van der Waals surface area contributed by atoms with Crippen LogP contribution in [-0.4, -0.2) is 55.6 Å². The summed E-state index contributed by atoms with van der Waals surface area (Å²) in [6.07, 6.45) is 2.12. The van der Waals surface area contributed by atoms with E-state index in [-0.39, 0.29) is 17.7 Å². The summed E-state index contributed by atoms with van der Waals surface area (Å²) >= 11 is 1.62. The molecule has 2 N–H and O–H groups in total. The van der Waals surface area contributed by atoms with Crippen molar-refractivity contribution < 1.29 is 14.3 Å². The first kappa shape index (κ1) is 20.9. The first-order valence-electron chi connectivity index (χ1n) is 9.08. The lowest BCUT2D eigenvalue weighted by molar-refractivity contribution is -0.140.